The molecule has 1 amide bonds. The second-order valence-corrected chi connectivity index (χ2v) is 9.98. The number of hydrogen-bond acceptors (Lipinski definition) is 2. The normalized spacial score (nSPS) is 19.7. The number of nitrogens with zero attached hydrogens (tertiary/aromatic N) is 1. The molecule has 108 valence electrons. The number of hydrogen-bond donors (Lipinski definition) is 1. The van der Waals surface area contributed by atoms with E-state index in [0.717, 1.165) is 0 Å². The molecule has 0 aliphatic carbocycles. The lowest BCUT2D eigenvalue weighted by Crippen LogP contribution is -2.48. The van der Waals surface area contributed by atoms with Gasteiger partial charge >= 0.3 is 6.09 Å². The Morgan fingerprint density at radius 1 is 1.37 bits per heavy atom. The summed E-state index contributed by atoms with van der Waals surface area (Å²) in [5.41, 5.74) is 3.50. The second-order valence-electron chi connectivity index (χ2n) is 5.05. The van der Waals surface area contributed by atoms with E-state index >= 15 is 0 Å². The van der Waals surface area contributed by atoms with Crippen LogP contribution in [0.15, 0.2) is 0 Å². The summed E-state index contributed by atoms with van der Waals surface area (Å²) >= 11 is 0. The first-order valence-electron chi connectivity index (χ1n) is 7.16. The predicted molar refractivity (Wildman–Crippen MR) is 78.9 cm³/mol. The van der Waals surface area contributed by atoms with Crippen molar-refractivity contribution < 1.29 is 14.6 Å². The zero-order chi connectivity index (χ0) is 14.3. The lowest BCUT2D eigenvalue weighted by molar-refractivity contribution is 0.00182. The summed E-state index contributed by atoms with van der Waals surface area (Å²) in [6, 6.07) is 3.43. The van der Waals surface area contributed by atoms with E-state index in [1.165, 1.54) is 23.0 Å². The van der Waals surface area contributed by atoms with Crippen LogP contribution >= 0.6 is 0 Å². The van der Waals surface area contributed by atoms with Gasteiger partial charge in [-0.3, -0.25) is 4.90 Å². The van der Waals surface area contributed by atoms with Crippen molar-refractivity contribution in [2.45, 2.75) is 51.4 Å². The molecule has 0 unspecified atom stereocenters. The maximum absolute atomic E-state index is 11.1. The monoisotopic (exact) mass is 283 g/mol. The van der Waals surface area contributed by atoms with Crippen molar-refractivity contribution in [1.29, 1.82) is 0 Å². The highest BCUT2D eigenvalue weighted by Gasteiger charge is 2.27. The number of rotatable bonds is 4. The fourth-order valence-corrected chi connectivity index (χ4v) is 4.95. The molecule has 1 heterocycles. The molecule has 0 spiro atoms. The Bertz CT molecular complexity index is 349. The molecule has 1 saturated heterocycles. The minimum atomic E-state index is -1.42. The summed E-state index contributed by atoms with van der Waals surface area (Å²) in [4.78, 5) is 12.6. The third kappa shape index (κ3) is 4.25. The molecule has 1 N–H and O–H groups in total. The molecule has 19 heavy (non-hydrogen) atoms. The van der Waals surface area contributed by atoms with Crippen LogP contribution in [0.2, 0.25) is 18.1 Å². The molecule has 5 heteroatoms. The Labute approximate surface area is 117 Å². The molecular formula is C14H25NO3Si. The molecule has 0 bridgehead atoms. The van der Waals surface area contributed by atoms with Gasteiger partial charge in [0.2, 0.25) is 0 Å². The van der Waals surface area contributed by atoms with E-state index in [1.54, 1.807) is 0 Å². The summed E-state index contributed by atoms with van der Waals surface area (Å²) in [7, 11) is -1.42. The molecule has 1 rings (SSSR count). The maximum atomic E-state index is 11.1. The highest BCUT2D eigenvalue weighted by molar-refractivity contribution is 6.87. The summed E-state index contributed by atoms with van der Waals surface area (Å²) in [6.07, 6.45) is -0.263. The SMILES string of the molecule is CC[Si](C#CC[C@H]1COCCN1C(=O)O)(CC)CC. The Balaban J connectivity index is 2.66. The van der Waals surface area contributed by atoms with Gasteiger partial charge in [-0.2, -0.15) is 0 Å². The van der Waals surface area contributed by atoms with Gasteiger partial charge in [0.05, 0.1) is 19.3 Å². The molecule has 1 atom stereocenters. The minimum absolute atomic E-state index is 0.101. The largest absolute Gasteiger partial charge is 0.465 e. The Morgan fingerprint density at radius 3 is 2.53 bits per heavy atom. The molecule has 0 radical (unpaired) electrons. The first-order valence-corrected chi connectivity index (χ1v) is 9.78. The third-order valence-corrected chi connectivity index (χ3v) is 8.96. The quantitative estimate of drug-likeness (QED) is 0.637. The van der Waals surface area contributed by atoms with Crippen LogP contribution in [0.3, 0.4) is 0 Å². The summed E-state index contributed by atoms with van der Waals surface area (Å²) < 4.78 is 5.36. The Morgan fingerprint density at radius 2 is 2.00 bits per heavy atom. The first-order chi connectivity index (χ1) is 9.08. The minimum Gasteiger partial charge on any atom is -0.465 e. The molecule has 0 saturated carbocycles. The highest BCUT2D eigenvalue weighted by Crippen LogP contribution is 2.19. The number of ether oxygens (including phenoxy) is 1. The van der Waals surface area contributed by atoms with Crippen molar-refractivity contribution in [2.24, 2.45) is 0 Å². The van der Waals surface area contributed by atoms with Crippen LogP contribution < -0.4 is 0 Å². The van der Waals surface area contributed by atoms with E-state index < -0.39 is 14.2 Å². The van der Waals surface area contributed by atoms with Gasteiger partial charge in [-0.15, -0.1) is 11.5 Å². The lowest BCUT2D eigenvalue weighted by Gasteiger charge is -2.32. The van der Waals surface area contributed by atoms with Gasteiger partial charge in [-0.1, -0.05) is 20.8 Å². The smallest absolute Gasteiger partial charge is 0.407 e. The zero-order valence-corrected chi connectivity index (χ0v) is 13.2. The molecule has 0 aromatic rings. The predicted octanol–water partition coefficient (Wildman–Crippen LogP) is 2.81. The molecule has 1 aliphatic heterocycles. The molecule has 0 aromatic carbocycles. The third-order valence-electron chi connectivity index (χ3n) is 4.19. The van der Waals surface area contributed by atoms with Gasteiger partial charge in [-0.05, 0) is 18.1 Å². The average molecular weight is 283 g/mol. The van der Waals surface area contributed by atoms with E-state index in [1.807, 2.05) is 0 Å². The summed E-state index contributed by atoms with van der Waals surface area (Å²) in [5.74, 6) is 3.26. The molecule has 1 aliphatic rings. The van der Waals surface area contributed by atoms with Gasteiger partial charge in [0, 0.05) is 13.0 Å². The van der Waals surface area contributed by atoms with Gasteiger partial charge in [0.25, 0.3) is 0 Å². The highest BCUT2D eigenvalue weighted by atomic mass is 28.3. The number of carbonyl (C=O) groups is 1. The van der Waals surface area contributed by atoms with Crippen LogP contribution in [-0.4, -0.2) is 50.0 Å². The molecule has 4 nitrogen and oxygen atoms in total. The van der Waals surface area contributed by atoms with Crippen LogP contribution in [0, 0.1) is 11.5 Å². The Kier molecular flexibility index (Phi) is 6.39. The van der Waals surface area contributed by atoms with Gasteiger partial charge in [0.15, 0.2) is 0 Å². The van der Waals surface area contributed by atoms with E-state index in [-0.39, 0.29) is 6.04 Å². The standard InChI is InChI=1S/C14H25NO3Si/c1-4-19(5-2,6-3)11-7-8-13-12-18-10-9-15(13)14(16)17/h13H,4-6,8-10,12H2,1-3H3,(H,16,17)/t13-/m0/s1. The van der Waals surface area contributed by atoms with Crippen LogP contribution in [0.4, 0.5) is 4.79 Å². The van der Waals surface area contributed by atoms with Crippen molar-refractivity contribution >= 4 is 14.2 Å². The molecular weight excluding hydrogens is 258 g/mol. The van der Waals surface area contributed by atoms with Crippen molar-refractivity contribution in [2.75, 3.05) is 19.8 Å². The van der Waals surface area contributed by atoms with Crippen molar-refractivity contribution in [1.82, 2.24) is 4.90 Å². The van der Waals surface area contributed by atoms with Gasteiger partial charge in [-0.25, -0.2) is 4.79 Å². The van der Waals surface area contributed by atoms with Crippen LogP contribution in [0.25, 0.3) is 0 Å². The lowest BCUT2D eigenvalue weighted by atomic mass is 10.2. The summed E-state index contributed by atoms with van der Waals surface area (Å²) in [6.45, 7) is 8.09. The van der Waals surface area contributed by atoms with E-state index in [9.17, 15) is 4.79 Å². The van der Waals surface area contributed by atoms with Crippen LogP contribution in [-0.2, 0) is 4.74 Å². The number of carboxylic acid groups (broad SMARTS) is 1. The van der Waals surface area contributed by atoms with Crippen molar-refractivity contribution in [3.8, 4) is 11.5 Å². The van der Waals surface area contributed by atoms with Crippen LogP contribution in [0.1, 0.15) is 27.2 Å². The topological polar surface area (TPSA) is 49.8 Å². The van der Waals surface area contributed by atoms with E-state index in [4.69, 9.17) is 9.84 Å². The molecule has 1 fully saturated rings. The average Bonchev–Trinajstić information content (AvgIpc) is 2.44. The Hall–Kier alpha value is -0.993. The van der Waals surface area contributed by atoms with E-state index in [2.05, 4.69) is 32.2 Å². The number of amides is 1. The second kappa shape index (κ2) is 7.56. The fraction of sp³-hybridized carbons (Fsp3) is 0.786. The molecule has 0 aromatic heterocycles. The zero-order valence-electron chi connectivity index (χ0n) is 12.2. The van der Waals surface area contributed by atoms with Crippen LogP contribution in [0.5, 0.6) is 0 Å². The van der Waals surface area contributed by atoms with Gasteiger partial charge in [0.1, 0.15) is 8.07 Å². The summed E-state index contributed by atoms with van der Waals surface area (Å²) in [5, 5.41) is 9.14. The van der Waals surface area contributed by atoms with Crippen molar-refractivity contribution in [3.63, 3.8) is 0 Å². The maximum Gasteiger partial charge on any atom is 0.407 e. The van der Waals surface area contributed by atoms with Gasteiger partial charge < -0.3 is 9.84 Å². The number of morpholine rings is 1. The van der Waals surface area contributed by atoms with E-state index in [0.29, 0.717) is 26.2 Å². The first kappa shape index (κ1) is 16.1. The fourth-order valence-electron chi connectivity index (χ4n) is 2.45. The van der Waals surface area contributed by atoms with Crippen molar-refractivity contribution in [3.05, 3.63) is 0 Å².